The van der Waals surface area contributed by atoms with Gasteiger partial charge in [-0.05, 0) is 50.6 Å². The minimum Gasteiger partial charge on any atom is -0.492 e. The highest BCUT2D eigenvalue weighted by Gasteiger charge is 2.32. The van der Waals surface area contributed by atoms with Crippen LogP contribution in [0.15, 0.2) is 17.7 Å². The van der Waals surface area contributed by atoms with E-state index in [1.165, 1.54) is 0 Å². The molecule has 0 spiro atoms. The Bertz CT molecular complexity index is 657. The molecule has 0 fully saturated rings. The monoisotopic (exact) mass is 315 g/mol. The third-order valence-corrected chi connectivity index (χ3v) is 4.01. The van der Waals surface area contributed by atoms with E-state index in [9.17, 15) is 9.59 Å². The van der Waals surface area contributed by atoms with Gasteiger partial charge >= 0.3 is 0 Å². The Morgan fingerprint density at radius 1 is 1.13 bits per heavy atom. The summed E-state index contributed by atoms with van der Waals surface area (Å²) < 4.78 is 5.87. The summed E-state index contributed by atoms with van der Waals surface area (Å²) in [6.07, 6.45) is 2.70. The highest BCUT2D eigenvalue weighted by atomic mass is 16.5. The lowest BCUT2D eigenvalue weighted by atomic mass is 9.84. The Labute approximate surface area is 138 Å². The van der Waals surface area contributed by atoms with Crippen LogP contribution in [-0.2, 0) is 4.79 Å². The molecule has 1 aromatic carbocycles. The number of carbonyl (C=O) groups is 2. The van der Waals surface area contributed by atoms with E-state index in [4.69, 9.17) is 4.74 Å². The van der Waals surface area contributed by atoms with Gasteiger partial charge < -0.3 is 9.64 Å². The molecule has 0 aliphatic heterocycles. The molecule has 2 rings (SSSR count). The third-order valence-electron chi connectivity index (χ3n) is 4.01. The quantitative estimate of drug-likeness (QED) is 0.598. The van der Waals surface area contributed by atoms with Crippen molar-refractivity contribution in [1.29, 1.82) is 0 Å². The zero-order valence-electron chi connectivity index (χ0n) is 14.6. The largest absolute Gasteiger partial charge is 0.492 e. The normalized spacial score (nSPS) is 14.3. The molecule has 124 valence electrons. The van der Waals surface area contributed by atoms with Crippen molar-refractivity contribution < 1.29 is 14.3 Å². The Morgan fingerprint density at radius 3 is 2.43 bits per heavy atom. The summed E-state index contributed by atoms with van der Waals surface area (Å²) in [6, 6.07) is 3.84. The number of nitrogens with zero attached hydrogens (tertiary/aromatic N) is 1. The first kappa shape index (κ1) is 17.4. The molecule has 23 heavy (non-hydrogen) atoms. The summed E-state index contributed by atoms with van der Waals surface area (Å²) in [6.45, 7) is 7.20. The molecule has 0 bridgehead atoms. The van der Waals surface area contributed by atoms with Gasteiger partial charge in [-0.1, -0.05) is 26.0 Å². The Balaban J connectivity index is 2.34. The number of Topliss-reactive ketones (excluding diaryl/α,β-unsaturated/α-hetero) is 2. The molecule has 0 heterocycles. The molecular weight excluding hydrogens is 290 g/mol. The van der Waals surface area contributed by atoms with Crippen molar-refractivity contribution in [3.8, 4) is 5.75 Å². The topological polar surface area (TPSA) is 46.6 Å². The minimum atomic E-state index is -0.447. The lowest BCUT2D eigenvalue weighted by Crippen LogP contribution is -2.25. The minimum absolute atomic E-state index is 0.0327. The van der Waals surface area contributed by atoms with Crippen LogP contribution in [0.25, 0.3) is 6.08 Å². The lowest BCUT2D eigenvalue weighted by Gasteiger charge is -2.21. The molecule has 0 N–H and O–H groups in total. The molecule has 0 radical (unpaired) electrons. The van der Waals surface area contributed by atoms with Gasteiger partial charge in [0.05, 0.1) is 12.2 Å². The number of carbonyl (C=O) groups excluding carboxylic acids is 2. The summed E-state index contributed by atoms with van der Waals surface area (Å²) >= 11 is 0. The average Bonchev–Trinajstić information content (AvgIpc) is 2.48. The number of fused-ring (bicyclic) bond motifs is 1. The third kappa shape index (κ3) is 3.70. The highest BCUT2D eigenvalue weighted by Crippen LogP contribution is 2.34. The molecule has 0 saturated carbocycles. The van der Waals surface area contributed by atoms with Crippen molar-refractivity contribution in [2.24, 2.45) is 5.92 Å². The molecule has 0 aromatic heterocycles. The predicted molar refractivity (Wildman–Crippen MR) is 92.0 cm³/mol. The van der Waals surface area contributed by atoms with Crippen LogP contribution >= 0.6 is 0 Å². The van der Waals surface area contributed by atoms with Gasteiger partial charge in [0, 0.05) is 12.1 Å². The molecule has 4 nitrogen and oxygen atoms in total. The van der Waals surface area contributed by atoms with Crippen molar-refractivity contribution in [2.45, 2.75) is 27.2 Å². The smallest absolute Gasteiger partial charge is 0.237 e. The van der Waals surface area contributed by atoms with E-state index >= 15 is 0 Å². The van der Waals surface area contributed by atoms with Crippen LogP contribution in [0.4, 0.5) is 0 Å². The van der Waals surface area contributed by atoms with Crippen LogP contribution in [0.3, 0.4) is 0 Å². The van der Waals surface area contributed by atoms with E-state index < -0.39 is 11.6 Å². The number of hydrogen-bond acceptors (Lipinski definition) is 4. The molecule has 0 unspecified atom stereocenters. The van der Waals surface area contributed by atoms with Gasteiger partial charge in [0.2, 0.25) is 11.6 Å². The maximum Gasteiger partial charge on any atom is 0.237 e. The molecule has 1 aliphatic rings. The number of aryl methyl sites for hydroxylation is 1. The number of rotatable bonds is 6. The SMILES string of the molecule is Cc1ccc2c(c1OCCCN(C)C)C(=O)C(=O)C(C(C)C)=C2. The zero-order valence-corrected chi connectivity index (χ0v) is 14.6. The van der Waals surface area contributed by atoms with Gasteiger partial charge in [0.25, 0.3) is 0 Å². The fourth-order valence-electron chi connectivity index (χ4n) is 2.70. The first-order valence-electron chi connectivity index (χ1n) is 8.04. The van der Waals surface area contributed by atoms with Crippen LogP contribution in [0, 0.1) is 12.8 Å². The molecule has 1 aliphatic carbocycles. The van der Waals surface area contributed by atoms with Crippen molar-refractivity contribution in [2.75, 3.05) is 27.2 Å². The van der Waals surface area contributed by atoms with Gasteiger partial charge in [-0.25, -0.2) is 0 Å². The Hall–Kier alpha value is -1.94. The highest BCUT2D eigenvalue weighted by molar-refractivity contribution is 6.52. The molecule has 1 aromatic rings. The van der Waals surface area contributed by atoms with E-state index in [1.807, 2.05) is 53.1 Å². The second kappa shape index (κ2) is 7.09. The van der Waals surface area contributed by atoms with Crippen molar-refractivity contribution in [3.63, 3.8) is 0 Å². The van der Waals surface area contributed by atoms with Crippen LogP contribution in [0.5, 0.6) is 5.75 Å². The maximum atomic E-state index is 12.6. The Morgan fingerprint density at radius 2 is 1.83 bits per heavy atom. The first-order valence-corrected chi connectivity index (χ1v) is 8.04. The van der Waals surface area contributed by atoms with E-state index in [0.717, 1.165) is 24.1 Å². The second-order valence-corrected chi connectivity index (χ2v) is 6.59. The van der Waals surface area contributed by atoms with Gasteiger partial charge in [-0.15, -0.1) is 0 Å². The number of allylic oxidation sites excluding steroid dienone is 1. The zero-order chi connectivity index (χ0) is 17.1. The van der Waals surface area contributed by atoms with Crippen molar-refractivity contribution in [1.82, 2.24) is 4.90 Å². The molecular formula is C19H25NO3. The molecule has 4 heteroatoms. The summed E-state index contributed by atoms with van der Waals surface area (Å²) in [5.41, 5.74) is 2.66. The van der Waals surface area contributed by atoms with E-state index in [-0.39, 0.29) is 5.92 Å². The van der Waals surface area contributed by atoms with Crippen LogP contribution in [0.1, 0.15) is 41.8 Å². The van der Waals surface area contributed by atoms with Crippen molar-refractivity contribution >= 4 is 17.6 Å². The van der Waals surface area contributed by atoms with Gasteiger partial charge in [0.1, 0.15) is 5.75 Å². The van der Waals surface area contributed by atoms with E-state index in [0.29, 0.717) is 23.5 Å². The fourth-order valence-corrected chi connectivity index (χ4v) is 2.70. The van der Waals surface area contributed by atoms with Gasteiger partial charge in [0.15, 0.2) is 0 Å². The van der Waals surface area contributed by atoms with Crippen LogP contribution in [-0.4, -0.2) is 43.7 Å². The molecule has 0 atom stereocenters. The van der Waals surface area contributed by atoms with E-state index in [1.54, 1.807) is 0 Å². The number of benzene rings is 1. The maximum absolute atomic E-state index is 12.6. The fraction of sp³-hybridized carbons (Fsp3) is 0.474. The average molecular weight is 315 g/mol. The predicted octanol–water partition coefficient (Wildman–Crippen LogP) is 3.13. The second-order valence-electron chi connectivity index (χ2n) is 6.59. The first-order chi connectivity index (χ1) is 10.8. The summed E-state index contributed by atoms with van der Waals surface area (Å²) in [4.78, 5) is 27.0. The van der Waals surface area contributed by atoms with Gasteiger partial charge in [-0.3, -0.25) is 9.59 Å². The standard InChI is InChI=1S/C19H25NO3/c1-12(2)15-11-14-8-7-13(3)19(16(14)18(22)17(15)21)23-10-6-9-20(4)5/h7-8,11-12H,6,9-10H2,1-5H3. The number of hydrogen-bond donors (Lipinski definition) is 0. The molecule has 0 saturated heterocycles. The number of ether oxygens (including phenoxy) is 1. The van der Waals surface area contributed by atoms with Gasteiger partial charge in [-0.2, -0.15) is 0 Å². The molecule has 0 amide bonds. The lowest BCUT2D eigenvalue weighted by molar-refractivity contribution is -0.112. The Kier molecular flexibility index (Phi) is 5.37. The summed E-state index contributed by atoms with van der Waals surface area (Å²) in [5, 5.41) is 0. The summed E-state index contributed by atoms with van der Waals surface area (Å²) in [5.74, 6) is -0.266. The van der Waals surface area contributed by atoms with Crippen LogP contribution in [0.2, 0.25) is 0 Å². The van der Waals surface area contributed by atoms with Crippen molar-refractivity contribution in [3.05, 3.63) is 34.4 Å². The summed E-state index contributed by atoms with van der Waals surface area (Å²) in [7, 11) is 4.02. The van der Waals surface area contributed by atoms with Crippen LogP contribution < -0.4 is 4.74 Å². The number of ketones is 2. The van der Waals surface area contributed by atoms with E-state index in [2.05, 4.69) is 4.90 Å².